The highest BCUT2D eigenvalue weighted by Crippen LogP contribution is 2.64. The highest BCUT2D eigenvalue weighted by molar-refractivity contribution is 5.96. The second kappa shape index (κ2) is 16.8. The number of aryl methyl sites for hydroxylation is 1. The number of nitrogens with one attached hydrogen (secondary N) is 1. The number of aliphatic hydroxyl groups excluding tert-OH is 2. The maximum absolute atomic E-state index is 15.5. The number of benzene rings is 3. The molecule has 4 aliphatic rings. The summed E-state index contributed by atoms with van der Waals surface area (Å²) in [5, 5.41) is 40.3. The monoisotopic (exact) mass is 867 g/mol. The average molecular weight is 868 g/mol. The molecule has 0 spiro atoms. The first-order chi connectivity index (χ1) is 29.7. The number of aliphatic hydroxyl groups is 3. The first-order valence-corrected chi connectivity index (χ1v) is 20.9. The molecule has 1 saturated heterocycles. The number of ketones is 1. The van der Waals surface area contributed by atoms with Gasteiger partial charge in [-0.25, -0.2) is 9.59 Å². The minimum absolute atomic E-state index is 0.00261. The number of rotatable bonds is 10. The molecule has 1 aliphatic heterocycles. The molecule has 0 aromatic heterocycles. The van der Waals surface area contributed by atoms with E-state index in [1.165, 1.54) is 26.0 Å². The fourth-order valence-corrected chi connectivity index (χ4v) is 10.3. The Balaban J connectivity index is 1.38. The van der Waals surface area contributed by atoms with Crippen molar-refractivity contribution in [2.45, 2.75) is 115 Å². The first kappa shape index (κ1) is 45.3. The number of carbonyl (C=O) groups is 6. The van der Waals surface area contributed by atoms with Crippen molar-refractivity contribution in [2.24, 2.45) is 16.7 Å². The molecular weight excluding hydrogens is 815 g/mol. The van der Waals surface area contributed by atoms with Gasteiger partial charge >= 0.3 is 23.9 Å². The van der Waals surface area contributed by atoms with Crippen molar-refractivity contribution in [3.05, 3.63) is 118 Å². The third kappa shape index (κ3) is 7.64. The zero-order chi connectivity index (χ0) is 45.8. The lowest BCUT2D eigenvalue weighted by Gasteiger charge is -2.67. The van der Waals surface area contributed by atoms with Crippen molar-refractivity contribution in [3.63, 3.8) is 0 Å². The van der Waals surface area contributed by atoms with Crippen LogP contribution in [0.2, 0.25) is 0 Å². The molecule has 1 heterocycles. The minimum atomic E-state index is -2.39. The Bertz CT molecular complexity index is 2330. The topological polar surface area (TPSA) is 221 Å². The fourth-order valence-electron chi connectivity index (χ4n) is 10.3. The number of Topliss-reactive ketones (excluding diaryl/α,β-unsaturated/α-hetero) is 1. The van der Waals surface area contributed by atoms with Crippen LogP contribution in [0.3, 0.4) is 0 Å². The Morgan fingerprint density at radius 3 is 2.02 bits per heavy atom. The van der Waals surface area contributed by atoms with Gasteiger partial charge < -0.3 is 44.3 Å². The molecule has 4 N–H and O–H groups in total. The van der Waals surface area contributed by atoms with Crippen LogP contribution in [0.1, 0.15) is 92.3 Å². The quantitative estimate of drug-likeness (QED) is 0.128. The van der Waals surface area contributed by atoms with E-state index in [2.05, 4.69) is 5.32 Å². The number of hydrogen-bond acceptors (Lipinski definition) is 14. The lowest BCUT2D eigenvalue weighted by Crippen LogP contribution is -2.82. The first-order valence-electron chi connectivity index (χ1n) is 20.9. The summed E-state index contributed by atoms with van der Waals surface area (Å²) in [7, 11) is 0. The maximum Gasteiger partial charge on any atom is 0.338 e. The van der Waals surface area contributed by atoms with E-state index in [4.69, 9.17) is 23.7 Å². The summed E-state index contributed by atoms with van der Waals surface area (Å²) in [4.78, 5) is 83.7. The number of fused-ring (bicyclic) bond motifs is 5. The van der Waals surface area contributed by atoms with E-state index in [1.54, 1.807) is 86.6 Å². The SMILES string of the molecule is CC(=O)O[C@H]1C(=O)[C@@]2(C)C(C(OC(=O)c3ccccc3)[C@]3(O)C[C@H](OC(=O)[C@H](O)[C@@H](NC(=O)c4ccc(C)cc4)c4ccccc4)C(C)=C1C3(C)C)[C@]1(OC(C)=O)CO[C@@H]1C[C@@H]2O. The molecule has 334 valence electrons. The molecule has 3 fully saturated rings. The van der Waals surface area contributed by atoms with Gasteiger partial charge in [-0.15, -0.1) is 0 Å². The van der Waals surface area contributed by atoms with Gasteiger partial charge in [0.05, 0.1) is 35.6 Å². The van der Waals surface area contributed by atoms with Crippen LogP contribution in [0, 0.1) is 23.7 Å². The largest absolute Gasteiger partial charge is 0.456 e. The van der Waals surface area contributed by atoms with E-state index < -0.39 is 113 Å². The van der Waals surface area contributed by atoms with E-state index in [0.29, 0.717) is 5.56 Å². The average Bonchev–Trinajstić information content (AvgIpc) is 3.24. The molecule has 1 amide bonds. The Labute approximate surface area is 364 Å². The molecule has 2 unspecified atom stereocenters. The molecule has 3 aliphatic carbocycles. The number of carbonyl (C=O) groups excluding carboxylic acids is 6. The molecule has 0 radical (unpaired) electrons. The molecule has 3 aromatic carbocycles. The number of ether oxygens (including phenoxy) is 5. The second-order valence-corrected chi connectivity index (χ2v) is 17.9. The van der Waals surface area contributed by atoms with Gasteiger partial charge in [-0.3, -0.25) is 19.2 Å². The number of amides is 1. The molecule has 3 aromatic rings. The lowest BCUT2D eigenvalue weighted by atomic mass is 9.44. The predicted octanol–water partition coefficient (Wildman–Crippen LogP) is 4.04. The lowest BCUT2D eigenvalue weighted by molar-refractivity contribution is -0.346. The minimum Gasteiger partial charge on any atom is -0.456 e. The Morgan fingerprint density at radius 1 is 0.825 bits per heavy atom. The van der Waals surface area contributed by atoms with Crippen LogP contribution in [0.5, 0.6) is 0 Å². The fraction of sp³-hybridized carbons (Fsp3) is 0.458. The van der Waals surface area contributed by atoms with Gasteiger partial charge in [0.25, 0.3) is 5.91 Å². The summed E-state index contributed by atoms with van der Waals surface area (Å²) in [5.74, 6) is -6.84. The van der Waals surface area contributed by atoms with Crippen LogP contribution in [-0.2, 0) is 42.9 Å². The summed E-state index contributed by atoms with van der Waals surface area (Å²) < 4.78 is 30.3. The van der Waals surface area contributed by atoms with E-state index in [1.807, 2.05) is 6.92 Å². The highest BCUT2D eigenvalue weighted by Gasteiger charge is 2.78. The summed E-state index contributed by atoms with van der Waals surface area (Å²) in [6, 6.07) is 21.5. The van der Waals surface area contributed by atoms with Crippen molar-refractivity contribution in [2.75, 3.05) is 6.61 Å². The Hall–Kier alpha value is -5.74. The van der Waals surface area contributed by atoms with Gasteiger partial charge in [-0.1, -0.05) is 80.1 Å². The number of esters is 4. The molecule has 11 atom stereocenters. The zero-order valence-electron chi connectivity index (χ0n) is 36.2. The van der Waals surface area contributed by atoms with Gasteiger partial charge in [0, 0.05) is 37.7 Å². The standard InChI is InChI=1S/C48H53NO14/c1-25-18-20-30(21-19-25)42(55)49-36(29-14-10-8-11-15-29)37(53)44(57)61-32-23-48(58)41(62-43(56)31-16-12-9-13-17-31)39-46(7,33(52)22-34-47(39,24-59-34)63-28(4)51)40(54)38(60-27(3)50)35(26(32)2)45(48,5)6/h8-21,32-34,36-39,41,52-53,58H,22-24H2,1-7H3,(H,49,55)/t32-,33-,34+,36-,37+,38+,39?,41?,46+,47-,48+/m0/s1. The van der Waals surface area contributed by atoms with Crippen molar-refractivity contribution < 1.29 is 67.8 Å². The smallest absolute Gasteiger partial charge is 0.338 e. The van der Waals surface area contributed by atoms with E-state index in [0.717, 1.165) is 19.4 Å². The van der Waals surface area contributed by atoms with Crippen molar-refractivity contribution >= 4 is 35.6 Å². The molecule has 15 nitrogen and oxygen atoms in total. The van der Waals surface area contributed by atoms with Crippen LogP contribution < -0.4 is 5.32 Å². The highest BCUT2D eigenvalue weighted by atomic mass is 16.6. The third-order valence-corrected chi connectivity index (χ3v) is 13.8. The van der Waals surface area contributed by atoms with Crippen LogP contribution in [0.15, 0.2) is 96.1 Å². The van der Waals surface area contributed by atoms with Crippen molar-refractivity contribution in [1.29, 1.82) is 0 Å². The third-order valence-electron chi connectivity index (χ3n) is 13.8. The zero-order valence-corrected chi connectivity index (χ0v) is 36.2. The van der Waals surface area contributed by atoms with Gasteiger partial charge in [0.1, 0.15) is 23.9 Å². The summed E-state index contributed by atoms with van der Waals surface area (Å²) in [5.41, 5.74) is -6.10. The van der Waals surface area contributed by atoms with Gasteiger partial charge in [-0.05, 0) is 61.7 Å². The van der Waals surface area contributed by atoms with Crippen LogP contribution in [-0.4, -0.2) is 105 Å². The Morgan fingerprint density at radius 2 is 1.44 bits per heavy atom. The summed E-state index contributed by atoms with van der Waals surface area (Å²) in [6.07, 6.45) is -10.5. The summed E-state index contributed by atoms with van der Waals surface area (Å²) >= 11 is 0. The molecule has 15 heteroatoms. The van der Waals surface area contributed by atoms with Gasteiger partial charge in [0.15, 0.2) is 23.6 Å². The molecule has 2 bridgehead atoms. The van der Waals surface area contributed by atoms with Gasteiger partial charge in [-0.2, -0.15) is 0 Å². The molecule has 63 heavy (non-hydrogen) atoms. The van der Waals surface area contributed by atoms with Crippen LogP contribution in [0.25, 0.3) is 0 Å². The Kier molecular flexibility index (Phi) is 12.0. The maximum atomic E-state index is 15.5. The molecule has 7 rings (SSSR count). The van der Waals surface area contributed by atoms with E-state index >= 15 is 4.79 Å². The van der Waals surface area contributed by atoms with Crippen molar-refractivity contribution in [1.82, 2.24) is 5.32 Å². The van der Waals surface area contributed by atoms with E-state index in [-0.39, 0.29) is 35.3 Å². The summed E-state index contributed by atoms with van der Waals surface area (Å²) in [6.45, 7) is 9.84. The molecule has 2 saturated carbocycles. The van der Waals surface area contributed by atoms with Gasteiger partial charge in [0.2, 0.25) is 0 Å². The predicted molar refractivity (Wildman–Crippen MR) is 222 cm³/mol. The van der Waals surface area contributed by atoms with Crippen LogP contribution >= 0.6 is 0 Å². The number of hydrogen-bond donors (Lipinski definition) is 4. The van der Waals surface area contributed by atoms with E-state index in [9.17, 15) is 39.3 Å². The second-order valence-electron chi connectivity index (χ2n) is 17.9. The molecular formula is C48H53NO14. The van der Waals surface area contributed by atoms with Crippen molar-refractivity contribution in [3.8, 4) is 0 Å². The normalized spacial score (nSPS) is 31.6. The van der Waals surface area contributed by atoms with Crippen LogP contribution in [0.4, 0.5) is 0 Å².